The Morgan fingerprint density at radius 3 is 2.74 bits per heavy atom. The summed E-state index contributed by atoms with van der Waals surface area (Å²) in [5, 5.41) is 1.72. The maximum absolute atomic E-state index is 13.9. The Labute approximate surface area is 158 Å². The maximum atomic E-state index is 13.9. The molecule has 27 heavy (non-hydrogen) atoms. The average Bonchev–Trinajstić information content (AvgIpc) is 3.18. The molecule has 0 radical (unpaired) electrons. The Bertz CT molecular complexity index is 793. The van der Waals surface area contributed by atoms with Gasteiger partial charge in [0.25, 0.3) is 11.8 Å². The third kappa shape index (κ3) is 3.53. The van der Waals surface area contributed by atoms with Gasteiger partial charge in [-0.2, -0.15) is 13.2 Å². The van der Waals surface area contributed by atoms with E-state index in [1.807, 2.05) is 0 Å². The first kappa shape index (κ1) is 19.6. The molecule has 0 aromatic heterocycles. The number of nitrogens with zero attached hydrogens (tertiary/aromatic N) is 2. The molecule has 0 bridgehead atoms. The Morgan fingerprint density at radius 2 is 2.15 bits per heavy atom. The minimum atomic E-state index is -5.13. The number of benzene rings is 1. The SMILES string of the molecule is CC1=NC(NC(=O)c2ccccc2Cl)(C(F)(F)F)C(=O)N1CC1CCCO1. The molecule has 2 heterocycles. The number of alkyl halides is 3. The number of rotatable bonds is 4. The Kier molecular flexibility index (Phi) is 5.18. The first-order valence-electron chi connectivity index (χ1n) is 8.29. The maximum Gasteiger partial charge on any atom is 0.442 e. The van der Waals surface area contributed by atoms with Crippen molar-refractivity contribution in [1.82, 2.24) is 10.2 Å². The molecule has 2 aliphatic rings. The van der Waals surface area contributed by atoms with Crippen molar-refractivity contribution in [1.29, 1.82) is 0 Å². The molecule has 2 amide bonds. The molecule has 1 aromatic carbocycles. The fourth-order valence-electron chi connectivity index (χ4n) is 3.11. The van der Waals surface area contributed by atoms with Gasteiger partial charge in [0.15, 0.2) is 0 Å². The number of amides is 2. The third-order valence-corrected chi connectivity index (χ3v) is 4.84. The highest BCUT2D eigenvalue weighted by Gasteiger charge is 2.66. The summed E-state index contributed by atoms with van der Waals surface area (Å²) >= 11 is 5.88. The quantitative estimate of drug-likeness (QED) is 0.840. The largest absolute Gasteiger partial charge is 0.442 e. The van der Waals surface area contributed by atoms with Gasteiger partial charge < -0.3 is 10.1 Å². The van der Waals surface area contributed by atoms with E-state index in [9.17, 15) is 22.8 Å². The van der Waals surface area contributed by atoms with Crippen LogP contribution in [0.15, 0.2) is 29.3 Å². The second-order valence-corrected chi connectivity index (χ2v) is 6.76. The zero-order chi connectivity index (χ0) is 19.8. The smallest absolute Gasteiger partial charge is 0.376 e. The van der Waals surface area contributed by atoms with E-state index in [1.54, 1.807) is 5.32 Å². The molecule has 3 rings (SSSR count). The lowest BCUT2D eigenvalue weighted by Gasteiger charge is -2.30. The fourth-order valence-corrected chi connectivity index (χ4v) is 3.34. The summed E-state index contributed by atoms with van der Waals surface area (Å²) in [5.74, 6) is -2.63. The van der Waals surface area contributed by atoms with Gasteiger partial charge in [-0.3, -0.25) is 14.5 Å². The van der Waals surface area contributed by atoms with Gasteiger partial charge in [0.1, 0.15) is 5.84 Å². The van der Waals surface area contributed by atoms with Crippen LogP contribution in [0.2, 0.25) is 5.02 Å². The van der Waals surface area contributed by atoms with Gasteiger partial charge in [0.2, 0.25) is 0 Å². The number of halogens is 4. The number of amidine groups is 1. The molecule has 1 saturated heterocycles. The topological polar surface area (TPSA) is 71.0 Å². The highest BCUT2D eigenvalue weighted by molar-refractivity contribution is 6.34. The predicted molar refractivity (Wildman–Crippen MR) is 91.5 cm³/mol. The summed E-state index contributed by atoms with van der Waals surface area (Å²) < 4.78 is 47.0. The van der Waals surface area contributed by atoms with Crippen LogP contribution in [0, 0.1) is 0 Å². The van der Waals surface area contributed by atoms with Crippen molar-refractivity contribution >= 4 is 29.3 Å². The summed E-state index contributed by atoms with van der Waals surface area (Å²) in [5.41, 5.74) is -3.56. The van der Waals surface area contributed by atoms with Crippen LogP contribution in [0.25, 0.3) is 0 Å². The molecule has 1 aromatic rings. The summed E-state index contributed by atoms with van der Waals surface area (Å²) in [7, 11) is 0. The molecule has 1 fully saturated rings. The third-order valence-electron chi connectivity index (χ3n) is 4.51. The van der Waals surface area contributed by atoms with E-state index < -0.39 is 23.7 Å². The van der Waals surface area contributed by atoms with E-state index in [1.165, 1.54) is 31.2 Å². The minimum absolute atomic E-state index is 0.0327. The monoisotopic (exact) mass is 403 g/mol. The summed E-state index contributed by atoms with van der Waals surface area (Å²) in [6, 6.07) is 5.62. The zero-order valence-corrected chi connectivity index (χ0v) is 15.1. The van der Waals surface area contributed by atoms with Crippen LogP contribution in [-0.2, 0) is 9.53 Å². The van der Waals surface area contributed by atoms with Crippen LogP contribution in [0.3, 0.4) is 0 Å². The van der Waals surface area contributed by atoms with Gasteiger partial charge in [-0.05, 0) is 31.9 Å². The van der Waals surface area contributed by atoms with E-state index in [4.69, 9.17) is 16.3 Å². The van der Waals surface area contributed by atoms with Gasteiger partial charge in [0, 0.05) is 6.61 Å². The predicted octanol–water partition coefficient (Wildman–Crippen LogP) is 2.77. The standard InChI is InChI=1S/C17H17ClF3N3O3/c1-10-22-16(17(19,20)21,15(26)24(10)9-11-5-4-8-27-11)23-14(25)12-6-2-3-7-13(12)18/h2-3,6-7,11H,4-5,8-9H2,1H3,(H,23,25). The van der Waals surface area contributed by atoms with E-state index in [2.05, 4.69) is 4.99 Å². The highest BCUT2D eigenvalue weighted by Crippen LogP contribution is 2.38. The zero-order valence-electron chi connectivity index (χ0n) is 14.3. The van der Waals surface area contributed by atoms with E-state index in [0.29, 0.717) is 13.0 Å². The molecule has 6 nitrogen and oxygen atoms in total. The molecular formula is C17H17ClF3N3O3. The van der Waals surface area contributed by atoms with Gasteiger partial charge in [-0.1, -0.05) is 23.7 Å². The summed E-state index contributed by atoms with van der Waals surface area (Å²) in [6.07, 6.45) is -4.08. The van der Waals surface area contributed by atoms with Crippen molar-refractivity contribution in [3.05, 3.63) is 34.9 Å². The number of aliphatic imine (C=N–C) groups is 1. The van der Waals surface area contributed by atoms with Gasteiger partial charge in [-0.15, -0.1) is 0 Å². The van der Waals surface area contributed by atoms with Gasteiger partial charge in [0.05, 0.1) is 23.2 Å². The van der Waals surface area contributed by atoms with E-state index in [-0.39, 0.29) is 29.1 Å². The average molecular weight is 404 g/mol. The molecule has 0 saturated carbocycles. The van der Waals surface area contributed by atoms with Crippen LogP contribution < -0.4 is 5.32 Å². The molecule has 0 spiro atoms. The number of ether oxygens (including phenoxy) is 1. The first-order chi connectivity index (χ1) is 12.7. The Balaban J connectivity index is 1.91. The van der Waals surface area contributed by atoms with Crippen molar-refractivity contribution in [3.63, 3.8) is 0 Å². The lowest BCUT2D eigenvalue weighted by molar-refractivity contribution is -0.196. The molecule has 1 N–H and O–H groups in total. The van der Waals surface area contributed by atoms with E-state index in [0.717, 1.165) is 11.3 Å². The lowest BCUT2D eigenvalue weighted by Crippen LogP contribution is -2.63. The second kappa shape index (κ2) is 7.12. The van der Waals surface area contributed by atoms with Crippen molar-refractivity contribution in [2.45, 2.75) is 37.7 Å². The van der Waals surface area contributed by atoms with Crippen molar-refractivity contribution in [2.75, 3.05) is 13.2 Å². The second-order valence-electron chi connectivity index (χ2n) is 6.35. The summed E-state index contributed by atoms with van der Waals surface area (Å²) in [4.78, 5) is 29.6. The Hall–Kier alpha value is -2.13. The van der Waals surface area contributed by atoms with Crippen LogP contribution >= 0.6 is 11.6 Å². The number of carbonyl (C=O) groups excluding carboxylic acids is 2. The molecule has 2 aliphatic heterocycles. The normalized spacial score (nSPS) is 25.7. The molecule has 0 aliphatic carbocycles. The first-order valence-corrected chi connectivity index (χ1v) is 8.67. The fraction of sp³-hybridized carbons (Fsp3) is 0.471. The van der Waals surface area contributed by atoms with Crippen LogP contribution in [0.5, 0.6) is 0 Å². The number of nitrogens with one attached hydrogen (secondary N) is 1. The highest BCUT2D eigenvalue weighted by atomic mass is 35.5. The van der Waals surface area contributed by atoms with Crippen LogP contribution in [-0.4, -0.2) is 53.6 Å². The Morgan fingerprint density at radius 1 is 1.44 bits per heavy atom. The van der Waals surface area contributed by atoms with Crippen molar-refractivity contribution < 1.29 is 27.5 Å². The molecule has 10 heteroatoms. The molecule has 146 valence electrons. The number of carbonyl (C=O) groups is 2. The van der Waals surface area contributed by atoms with Crippen LogP contribution in [0.4, 0.5) is 13.2 Å². The van der Waals surface area contributed by atoms with Gasteiger partial charge in [-0.25, -0.2) is 4.99 Å². The van der Waals surface area contributed by atoms with Crippen molar-refractivity contribution in [3.8, 4) is 0 Å². The minimum Gasteiger partial charge on any atom is -0.376 e. The number of hydrogen-bond acceptors (Lipinski definition) is 4. The molecule has 2 atom stereocenters. The van der Waals surface area contributed by atoms with Gasteiger partial charge >= 0.3 is 11.8 Å². The summed E-state index contributed by atoms with van der Waals surface area (Å²) in [6.45, 7) is 1.74. The number of hydrogen-bond donors (Lipinski definition) is 1. The molecule has 2 unspecified atom stereocenters. The van der Waals surface area contributed by atoms with Crippen molar-refractivity contribution in [2.24, 2.45) is 4.99 Å². The molecular weight excluding hydrogens is 387 g/mol. The van der Waals surface area contributed by atoms with Crippen LogP contribution in [0.1, 0.15) is 30.1 Å². The van der Waals surface area contributed by atoms with E-state index >= 15 is 0 Å². The lowest BCUT2D eigenvalue weighted by atomic mass is 10.1.